The van der Waals surface area contributed by atoms with Gasteiger partial charge in [-0.3, -0.25) is 5.43 Å². The van der Waals surface area contributed by atoms with E-state index in [1.165, 1.54) is 6.34 Å². The lowest BCUT2D eigenvalue weighted by Gasteiger charge is -1.98. The molecule has 4 heteroatoms. The van der Waals surface area contributed by atoms with Crippen molar-refractivity contribution in [3.05, 3.63) is 24.3 Å². The van der Waals surface area contributed by atoms with E-state index >= 15 is 0 Å². The van der Waals surface area contributed by atoms with Gasteiger partial charge in [0.15, 0.2) is 0 Å². The molecule has 0 aliphatic carbocycles. The zero-order valence-electron chi connectivity index (χ0n) is 5.73. The van der Waals surface area contributed by atoms with Crippen molar-refractivity contribution in [2.75, 3.05) is 5.43 Å². The van der Waals surface area contributed by atoms with Crippen molar-refractivity contribution in [2.45, 2.75) is 0 Å². The van der Waals surface area contributed by atoms with Gasteiger partial charge in [-0.25, -0.2) is 4.99 Å². The normalized spacial score (nSPS) is 13.5. The molecule has 1 aliphatic rings. The summed E-state index contributed by atoms with van der Waals surface area (Å²) in [6, 6.07) is 7.64. The molecular formula is C7H6N4. The summed E-state index contributed by atoms with van der Waals surface area (Å²) < 4.78 is 0. The first kappa shape index (κ1) is 6.03. The Hall–Kier alpha value is -1.71. The predicted octanol–water partition coefficient (Wildman–Crippen LogP) is 2.14. The number of rotatable bonds is 0. The monoisotopic (exact) mass is 146 g/mol. The summed E-state index contributed by atoms with van der Waals surface area (Å²) in [6.45, 7) is 0. The summed E-state index contributed by atoms with van der Waals surface area (Å²) in [4.78, 5) is 4.04. The van der Waals surface area contributed by atoms with Crippen LogP contribution in [0.1, 0.15) is 0 Å². The zero-order valence-corrected chi connectivity index (χ0v) is 5.73. The molecule has 11 heavy (non-hydrogen) atoms. The third-order valence-corrected chi connectivity index (χ3v) is 1.38. The molecule has 0 radical (unpaired) electrons. The van der Waals surface area contributed by atoms with E-state index < -0.39 is 0 Å². The fraction of sp³-hybridized carbons (Fsp3) is 0. The number of para-hydroxylation sites is 2. The Labute approximate surface area is 63.7 Å². The van der Waals surface area contributed by atoms with Crippen LogP contribution in [-0.4, -0.2) is 6.34 Å². The molecule has 1 N–H and O–H groups in total. The number of nitrogens with zero attached hydrogens (tertiary/aromatic N) is 3. The maximum Gasteiger partial charge on any atom is 0.140 e. The molecule has 0 atom stereocenters. The number of fused-ring (bicyclic) bond motifs is 1. The number of aliphatic imine (C=N–C) groups is 1. The molecule has 0 saturated carbocycles. The van der Waals surface area contributed by atoms with Gasteiger partial charge in [0.1, 0.15) is 6.34 Å². The lowest BCUT2D eigenvalue weighted by molar-refractivity contribution is 1.19. The fourth-order valence-electron chi connectivity index (χ4n) is 0.877. The van der Waals surface area contributed by atoms with Crippen molar-refractivity contribution in [1.29, 1.82) is 0 Å². The third-order valence-electron chi connectivity index (χ3n) is 1.38. The quantitative estimate of drug-likeness (QED) is 0.598. The Bertz CT molecular complexity index is 316. The van der Waals surface area contributed by atoms with Crippen LogP contribution in [0.25, 0.3) is 0 Å². The SMILES string of the molecule is C1=Nc2ccccc2NN=N1. The number of anilines is 1. The highest BCUT2D eigenvalue weighted by Crippen LogP contribution is 2.24. The van der Waals surface area contributed by atoms with E-state index in [1.807, 2.05) is 24.3 Å². The van der Waals surface area contributed by atoms with Crippen molar-refractivity contribution in [2.24, 2.45) is 15.3 Å². The number of nitrogens with one attached hydrogen (secondary N) is 1. The highest BCUT2D eigenvalue weighted by Gasteiger charge is 1.98. The van der Waals surface area contributed by atoms with E-state index in [2.05, 4.69) is 20.8 Å². The smallest absolute Gasteiger partial charge is 0.140 e. The molecule has 1 aromatic carbocycles. The van der Waals surface area contributed by atoms with E-state index in [0.717, 1.165) is 11.4 Å². The van der Waals surface area contributed by atoms with Crippen LogP contribution in [0, 0.1) is 0 Å². The van der Waals surface area contributed by atoms with Gasteiger partial charge in [0.25, 0.3) is 0 Å². The summed E-state index contributed by atoms with van der Waals surface area (Å²) in [7, 11) is 0. The van der Waals surface area contributed by atoms with E-state index in [1.54, 1.807) is 0 Å². The molecular weight excluding hydrogens is 140 g/mol. The predicted molar refractivity (Wildman–Crippen MR) is 43.1 cm³/mol. The third kappa shape index (κ3) is 1.10. The van der Waals surface area contributed by atoms with E-state index in [0.29, 0.717) is 0 Å². The first-order valence-corrected chi connectivity index (χ1v) is 3.24. The molecule has 0 spiro atoms. The highest BCUT2D eigenvalue weighted by atomic mass is 15.4. The van der Waals surface area contributed by atoms with Crippen LogP contribution in [0.4, 0.5) is 11.4 Å². The van der Waals surface area contributed by atoms with Gasteiger partial charge in [-0.1, -0.05) is 17.4 Å². The van der Waals surface area contributed by atoms with Gasteiger partial charge < -0.3 is 0 Å². The molecule has 1 aliphatic heterocycles. The van der Waals surface area contributed by atoms with Crippen molar-refractivity contribution >= 4 is 17.7 Å². The van der Waals surface area contributed by atoms with Gasteiger partial charge in [-0.2, -0.15) is 0 Å². The number of hydrogen-bond acceptors (Lipinski definition) is 4. The van der Waals surface area contributed by atoms with Crippen LogP contribution >= 0.6 is 0 Å². The Balaban J connectivity index is 2.52. The van der Waals surface area contributed by atoms with Crippen LogP contribution in [0.5, 0.6) is 0 Å². The molecule has 1 aromatic rings. The maximum atomic E-state index is 4.04. The molecule has 1 heterocycles. The Kier molecular flexibility index (Phi) is 1.37. The van der Waals surface area contributed by atoms with Crippen LogP contribution in [-0.2, 0) is 0 Å². The van der Waals surface area contributed by atoms with Gasteiger partial charge in [0.2, 0.25) is 0 Å². The largest absolute Gasteiger partial charge is 0.258 e. The first-order chi connectivity index (χ1) is 5.47. The van der Waals surface area contributed by atoms with Gasteiger partial charge in [0, 0.05) is 0 Å². The second-order valence-electron chi connectivity index (χ2n) is 2.09. The van der Waals surface area contributed by atoms with E-state index in [9.17, 15) is 0 Å². The fourth-order valence-corrected chi connectivity index (χ4v) is 0.877. The van der Waals surface area contributed by atoms with Crippen molar-refractivity contribution < 1.29 is 0 Å². The number of hydrogen-bond donors (Lipinski definition) is 1. The molecule has 4 nitrogen and oxygen atoms in total. The molecule has 0 amide bonds. The lowest BCUT2D eigenvalue weighted by atomic mass is 10.3. The summed E-state index contributed by atoms with van der Waals surface area (Å²) in [5, 5.41) is 7.25. The lowest BCUT2D eigenvalue weighted by Crippen LogP contribution is -1.83. The van der Waals surface area contributed by atoms with Crippen molar-refractivity contribution in [1.82, 2.24) is 0 Å². The van der Waals surface area contributed by atoms with Gasteiger partial charge in [-0.05, 0) is 12.1 Å². The van der Waals surface area contributed by atoms with Crippen LogP contribution in [0.2, 0.25) is 0 Å². The van der Waals surface area contributed by atoms with E-state index in [-0.39, 0.29) is 0 Å². The van der Waals surface area contributed by atoms with Gasteiger partial charge in [-0.15, -0.1) is 5.11 Å². The summed E-state index contributed by atoms with van der Waals surface area (Å²) in [5.41, 5.74) is 4.50. The second kappa shape index (κ2) is 2.49. The molecule has 0 unspecified atom stereocenters. The second-order valence-corrected chi connectivity index (χ2v) is 2.09. The molecule has 0 saturated heterocycles. The topological polar surface area (TPSA) is 49.1 Å². The summed E-state index contributed by atoms with van der Waals surface area (Å²) >= 11 is 0. The molecule has 2 rings (SSSR count). The summed E-state index contributed by atoms with van der Waals surface area (Å²) in [6.07, 6.45) is 1.42. The Morgan fingerprint density at radius 3 is 3.09 bits per heavy atom. The molecule has 0 aromatic heterocycles. The van der Waals surface area contributed by atoms with Crippen LogP contribution in [0.3, 0.4) is 0 Å². The molecule has 54 valence electrons. The van der Waals surface area contributed by atoms with Gasteiger partial charge in [0.05, 0.1) is 11.4 Å². The average Bonchev–Trinajstić information content (AvgIpc) is 2.28. The Morgan fingerprint density at radius 2 is 2.09 bits per heavy atom. The highest BCUT2D eigenvalue weighted by molar-refractivity contribution is 5.72. The van der Waals surface area contributed by atoms with Crippen molar-refractivity contribution in [3.63, 3.8) is 0 Å². The summed E-state index contributed by atoms with van der Waals surface area (Å²) in [5.74, 6) is 0. The minimum absolute atomic E-state index is 0.859. The van der Waals surface area contributed by atoms with Crippen LogP contribution < -0.4 is 5.43 Å². The molecule has 0 bridgehead atoms. The zero-order chi connectivity index (χ0) is 7.52. The number of benzene rings is 1. The average molecular weight is 146 g/mol. The van der Waals surface area contributed by atoms with E-state index in [4.69, 9.17) is 0 Å². The van der Waals surface area contributed by atoms with Crippen LogP contribution in [0.15, 0.2) is 39.6 Å². The van der Waals surface area contributed by atoms with Gasteiger partial charge >= 0.3 is 0 Å². The first-order valence-electron chi connectivity index (χ1n) is 3.24. The maximum absolute atomic E-state index is 4.04. The standard InChI is InChI=1S/C7H6N4/c1-2-4-7-6(3-1)8-5-9-11-10-7/h1-5H,(H,8,9,10). The molecule has 0 fully saturated rings. The minimum Gasteiger partial charge on any atom is -0.258 e. The van der Waals surface area contributed by atoms with Crippen molar-refractivity contribution in [3.8, 4) is 0 Å². The minimum atomic E-state index is 0.859. The Morgan fingerprint density at radius 1 is 1.18 bits per heavy atom.